The van der Waals surface area contributed by atoms with Crippen LogP contribution in [0.1, 0.15) is 38.8 Å². The van der Waals surface area contributed by atoms with Crippen LogP contribution in [0.25, 0.3) is 0 Å². The molecule has 12 heteroatoms. The fourth-order valence-electron chi connectivity index (χ4n) is 4.25. The third-order valence-corrected chi connectivity index (χ3v) is 9.08. The zero-order valence-electron chi connectivity index (χ0n) is 25.3. The highest BCUT2D eigenvalue weighted by Crippen LogP contribution is 2.33. The van der Waals surface area contributed by atoms with Gasteiger partial charge in [0, 0.05) is 33.8 Å². The molecule has 2 amide bonds. The molecule has 43 heavy (non-hydrogen) atoms. The van der Waals surface area contributed by atoms with E-state index in [0.29, 0.717) is 21.4 Å². The summed E-state index contributed by atoms with van der Waals surface area (Å²) >= 11 is 12.9. The first-order valence-electron chi connectivity index (χ1n) is 13.4. The summed E-state index contributed by atoms with van der Waals surface area (Å²) < 4.78 is 39.9. The Kier molecular flexibility index (Phi) is 11.0. The zero-order valence-corrected chi connectivity index (χ0v) is 27.6. The van der Waals surface area contributed by atoms with Crippen LogP contribution in [0.5, 0.6) is 11.5 Å². The Morgan fingerprint density at radius 3 is 2.05 bits per heavy atom. The zero-order chi connectivity index (χ0) is 32.1. The lowest BCUT2D eigenvalue weighted by Crippen LogP contribution is -2.54. The summed E-state index contributed by atoms with van der Waals surface area (Å²) in [5.41, 5.74) is 1.02. The quantitative estimate of drug-likeness (QED) is 0.280. The molecule has 0 bridgehead atoms. The lowest BCUT2D eigenvalue weighted by molar-refractivity contribution is -0.140. The molecule has 0 spiro atoms. The van der Waals surface area contributed by atoms with Crippen molar-refractivity contribution in [2.24, 2.45) is 0 Å². The molecule has 3 aromatic carbocycles. The van der Waals surface area contributed by atoms with E-state index in [1.54, 1.807) is 49.4 Å². The Hall–Kier alpha value is -3.47. The van der Waals surface area contributed by atoms with E-state index >= 15 is 0 Å². The Labute approximate surface area is 263 Å². The van der Waals surface area contributed by atoms with Gasteiger partial charge in [-0.25, -0.2) is 8.42 Å². The van der Waals surface area contributed by atoms with Gasteiger partial charge < -0.3 is 19.7 Å². The second kappa shape index (κ2) is 13.9. The number of methoxy groups -OCH3 is 2. The topological polar surface area (TPSA) is 105 Å². The first kappa shape index (κ1) is 34.0. The largest absolute Gasteiger partial charge is 0.493 e. The van der Waals surface area contributed by atoms with Crippen LogP contribution < -0.4 is 19.1 Å². The molecule has 1 atom stereocenters. The van der Waals surface area contributed by atoms with Gasteiger partial charge in [-0.1, -0.05) is 47.0 Å². The number of anilines is 1. The summed E-state index contributed by atoms with van der Waals surface area (Å²) in [4.78, 5) is 28.6. The Morgan fingerprint density at radius 2 is 1.51 bits per heavy atom. The number of hydrogen-bond acceptors (Lipinski definition) is 6. The van der Waals surface area contributed by atoms with E-state index in [-0.39, 0.29) is 22.9 Å². The molecule has 1 N–H and O–H groups in total. The van der Waals surface area contributed by atoms with Crippen LogP contribution in [0.2, 0.25) is 10.0 Å². The Bertz CT molecular complexity index is 1550. The molecule has 0 radical (unpaired) electrons. The third kappa shape index (κ3) is 8.34. The van der Waals surface area contributed by atoms with E-state index in [9.17, 15) is 18.0 Å². The molecule has 9 nitrogen and oxygen atoms in total. The summed E-state index contributed by atoms with van der Waals surface area (Å²) in [5, 5.41) is 3.50. The highest BCUT2D eigenvalue weighted by Gasteiger charge is 2.34. The van der Waals surface area contributed by atoms with Crippen molar-refractivity contribution in [2.75, 3.05) is 25.1 Å². The minimum Gasteiger partial charge on any atom is -0.493 e. The Morgan fingerprint density at radius 1 is 0.930 bits per heavy atom. The number of hydrogen-bond donors (Lipinski definition) is 1. The van der Waals surface area contributed by atoms with Crippen molar-refractivity contribution in [1.29, 1.82) is 0 Å². The number of nitrogens with zero attached hydrogens (tertiary/aromatic N) is 2. The van der Waals surface area contributed by atoms with Gasteiger partial charge in [-0.2, -0.15) is 0 Å². The number of carbonyl (C=O) groups excluding carboxylic acids is 2. The van der Waals surface area contributed by atoms with Gasteiger partial charge in [0.15, 0.2) is 11.5 Å². The van der Waals surface area contributed by atoms with Crippen molar-refractivity contribution in [3.8, 4) is 11.5 Å². The summed E-state index contributed by atoms with van der Waals surface area (Å²) in [7, 11) is -1.47. The normalized spacial score (nSPS) is 12.3. The number of halogens is 2. The lowest BCUT2D eigenvalue weighted by Gasteiger charge is -2.34. The van der Waals surface area contributed by atoms with Gasteiger partial charge in [0.2, 0.25) is 11.8 Å². The highest BCUT2D eigenvalue weighted by molar-refractivity contribution is 7.92. The predicted molar refractivity (Wildman–Crippen MR) is 170 cm³/mol. The van der Waals surface area contributed by atoms with E-state index in [2.05, 4.69) is 5.32 Å². The van der Waals surface area contributed by atoms with Crippen molar-refractivity contribution in [3.05, 3.63) is 81.8 Å². The van der Waals surface area contributed by atoms with E-state index in [0.717, 1.165) is 9.87 Å². The number of aryl methyl sites for hydroxylation is 1. The van der Waals surface area contributed by atoms with Crippen molar-refractivity contribution in [2.45, 2.75) is 57.6 Å². The molecule has 0 aliphatic rings. The van der Waals surface area contributed by atoms with Crippen LogP contribution in [0.4, 0.5) is 5.69 Å². The monoisotopic (exact) mass is 649 g/mol. The number of benzene rings is 3. The number of nitrogens with one attached hydrogen (secondary N) is 1. The number of sulfonamides is 1. The van der Waals surface area contributed by atoms with Crippen LogP contribution in [-0.2, 0) is 26.2 Å². The van der Waals surface area contributed by atoms with Crippen LogP contribution >= 0.6 is 23.2 Å². The van der Waals surface area contributed by atoms with Gasteiger partial charge in [-0.05, 0) is 71.0 Å². The van der Waals surface area contributed by atoms with E-state index < -0.39 is 40.0 Å². The first-order chi connectivity index (χ1) is 20.1. The number of ether oxygens (including phenoxy) is 2. The van der Waals surface area contributed by atoms with Gasteiger partial charge >= 0.3 is 0 Å². The van der Waals surface area contributed by atoms with E-state index in [1.165, 1.54) is 37.3 Å². The van der Waals surface area contributed by atoms with Gasteiger partial charge in [0.1, 0.15) is 12.6 Å². The molecule has 0 saturated carbocycles. The minimum atomic E-state index is -4.32. The molecule has 0 fully saturated rings. The van der Waals surface area contributed by atoms with Crippen molar-refractivity contribution >= 4 is 50.7 Å². The van der Waals surface area contributed by atoms with Gasteiger partial charge in [0.25, 0.3) is 10.0 Å². The molecule has 3 aromatic rings. The first-order valence-corrected chi connectivity index (χ1v) is 15.6. The van der Waals surface area contributed by atoms with Crippen molar-refractivity contribution in [3.63, 3.8) is 0 Å². The molecule has 0 aliphatic carbocycles. The predicted octanol–water partition coefficient (Wildman–Crippen LogP) is 5.85. The molecule has 3 rings (SSSR count). The Balaban J connectivity index is 2.11. The second-order valence-electron chi connectivity index (χ2n) is 11.0. The molecule has 0 aromatic heterocycles. The standard InChI is InChI=1S/C31H37Cl2N3O6S/c1-20-11-13-22(14-12-20)36(43(39,40)23-15-16-27(41-6)28(17-23)42-7)19-29(37)35(21(2)30(38)34-31(3,4)5)18-24-25(32)9-8-10-26(24)33/h8-17,21H,18-19H2,1-7H3,(H,34,38)/t21-/m1/s1. The van der Waals surface area contributed by atoms with Gasteiger partial charge in [0.05, 0.1) is 24.8 Å². The second-order valence-corrected chi connectivity index (χ2v) is 13.7. The van der Waals surface area contributed by atoms with Crippen LogP contribution in [0.3, 0.4) is 0 Å². The molecule has 0 saturated heterocycles. The van der Waals surface area contributed by atoms with Crippen molar-refractivity contribution in [1.82, 2.24) is 10.2 Å². The fraction of sp³-hybridized carbons (Fsp3) is 0.355. The maximum absolute atomic E-state index is 14.1. The minimum absolute atomic E-state index is 0.113. The molecule has 0 unspecified atom stereocenters. The van der Waals surface area contributed by atoms with Crippen LogP contribution in [0, 0.1) is 6.92 Å². The van der Waals surface area contributed by atoms with E-state index in [1.807, 2.05) is 27.7 Å². The summed E-state index contributed by atoms with van der Waals surface area (Å²) in [6.45, 7) is 8.16. The molecular formula is C31H37Cl2N3O6S. The summed E-state index contributed by atoms with van der Waals surface area (Å²) in [6.07, 6.45) is 0. The average molecular weight is 651 g/mol. The summed E-state index contributed by atoms with van der Waals surface area (Å²) in [5.74, 6) is -0.507. The highest BCUT2D eigenvalue weighted by atomic mass is 35.5. The number of rotatable bonds is 11. The maximum atomic E-state index is 14.1. The molecule has 232 valence electrons. The SMILES string of the molecule is COc1ccc(S(=O)(=O)N(CC(=O)N(Cc2c(Cl)cccc2Cl)[C@H](C)C(=O)NC(C)(C)C)c2ccc(C)cc2)cc1OC. The van der Waals surface area contributed by atoms with Crippen molar-refractivity contribution < 1.29 is 27.5 Å². The molecular weight excluding hydrogens is 613 g/mol. The average Bonchev–Trinajstić information content (AvgIpc) is 2.94. The third-order valence-electron chi connectivity index (χ3n) is 6.60. The molecule has 0 heterocycles. The fourth-order valence-corrected chi connectivity index (χ4v) is 6.20. The van der Waals surface area contributed by atoms with E-state index in [4.69, 9.17) is 32.7 Å². The van der Waals surface area contributed by atoms with Gasteiger partial charge in [-0.3, -0.25) is 13.9 Å². The summed E-state index contributed by atoms with van der Waals surface area (Å²) in [6, 6.07) is 14.9. The molecule has 0 aliphatic heterocycles. The number of amides is 2. The smallest absolute Gasteiger partial charge is 0.264 e. The van der Waals surface area contributed by atoms with Crippen LogP contribution in [0.15, 0.2) is 65.6 Å². The number of carbonyl (C=O) groups is 2. The maximum Gasteiger partial charge on any atom is 0.264 e. The lowest BCUT2D eigenvalue weighted by atomic mass is 10.1. The van der Waals surface area contributed by atoms with Gasteiger partial charge in [-0.15, -0.1) is 0 Å². The van der Waals surface area contributed by atoms with Crippen LogP contribution in [-0.4, -0.2) is 57.5 Å².